The second kappa shape index (κ2) is 5.30. The number of phenols is 1. The summed E-state index contributed by atoms with van der Waals surface area (Å²) in [6.45, 7) is -0.235. The zero-order chi connectivity index (χ0) is 14.9. The molecular weight excluding hydrogens is 278 g/mol. The first-order valence-electron chi connectivity index (χ1n) is 6.13. The lowest BCUT2D eigenvalue weighted by Crippen LogP contribution is -2.44. The van der Waals surface area contributed by atoms with Crippen molar-refractivity contribution in [3.63, 3.8) is 0 Å². The van der Waals surface area contributed by atoms with E-state index in [1.807, 2.05) is 0 Å². The average molecular weight is 291 g/mol. The van der Waals surface area contributed by atoms with Crippen LogP contribution in [0.4, 0.5) is 17.6 Å². The van der Waals surface area contributed by atoms with Crippen LogP contribution in [0.1, 0.15) is 23.2 Å². The number of piperidine rings is 1. The van der Waals surface area contributed by atoms with Crippen LogP contribution in [0, 0.1) is 11.7 Å². The van der Waals surface area contributed by atoms with Crippen LogP contribution < -0.4 is 0 Å². The Kier molecular flexibility index (Phi) is 3.87. The van der Waals surface area contributed by atoms with Gasteiger partial charge in [-0.1, -0.05) is 0 Å². The maximum absolute atomic E-state index is 12.8. The van der Waals surface area contributed by atoms with Gasteiger partial charge in [0.05, 0.1) is 11.5 Å². The fraction of sp³-hybridized carbons (Fsp3) is 0.462. The molecule has 1 aliphatic heterocycles. The molecule has 1 N–H and O–H groups in total. The summed E-state index contributed by atoms with van der Waals surface area (Å²) < 4.78 is 50.9. The summed E-state index contributed by atoms with van der Waals surface area (Å²) in [7, 11) is 0. The molecule has 1 aromatic carbocycles. The van der Waals surface area contributed by atoms with Crippen molar-refractivity contribution in [3.05, 3.63) is 29.6 Å². The molecule has 1 aliphatic rings. The molecule has 0 aromatic heterocycles. The van der Waals surface area contributed by atoms with Crippen LogP contribution >= 0.6 is 0 Å². The zero-order valence-electron chi connectivity index (χ0n) is 10.5. The van der Waals surface area contributed by atoms with Crippen LogP contribution in [0.5, 0.6) is 5.75 Å². The summed E-state index contributed by atoms with van der Waals surface area (Å²) in [6, 6.07) is 2.82. The molecular formula is C13H13F4NO2. The van der Waals surface area contributed by atoms with Crippen LogP contribution in [0.25, 0.3) is 0 Å². The Morgan fingerprint density at radius 2 is 2.05 bits per heavy atom. The van der Waals surface area contributed by atoms with Gasteiger partial charge in [-0.2, -0.15) is 13.2 Å². The maximum atomic E-state index is 12.8. The van der Waals surface area contributed by atoms with Crippen molar-refractivity contribution in [2.75, 3.05) is 13.1 Å². The number of nitrogens with zero attached hydrogens (tertiary/aromatic N) is 1. The third-order valence-electron chi connectivity index (χ3n) is 3.36. The number of phenolic OH excluding ortho intramolecular Hbond substituents is 1. The summed E-state index contributed by atoms with van der Waals surface area (Å²) in [5.41, 5.74) is -0.186. The molecule has 0 saturated carbocycles. The number of likely N-dealkylation sites (tertiary alicyclic amines) is 1. The Hall–Kier alpha value is -1.79. The summed E-state index contributed by atoms with van der Waals surface area (Å²) >= 11 is 0. The molecule has 0 spiro atoms. The molecule has 3 nitrogen and oxygen atoms in total. The van der Waals surface area contributed by atoms with E-state index in [0.29, 0.717) is 0 Å². The summed E-state index contributed by atoms with van der Waals surface area (Å²) in [5.74, 6) is -3.55. The second-order valence-electron chi connectivity index (χ2n) is 4.79. The number of aromatic hydroxyl groups is 1. The monoisotopic (exact) mass is 291 g/mol. The highest BCUT2D eigenvalue weighted by Gasteiger charge is 2.42. The lowest BCUT2D eigenvalue weighted by atomic mass is 9.97. The van der Waals surface area contributed by atoms with Gasteiger partial charge in [0.15, 0.2) is 0 Å². The van der Waals surface area contributed by atoms with Crippen LogP contribution in [0.15, 0.2) is 18.2 Å². The van der Waals surface area contributed by atoms with Gasteiger partial charge < -0.3 is 10.0 Å². The molecule has 1 atom stereocenters. The molecule has 0 radical (unpaired) electrons. The Labute approximate surface area is 112 Å². The van der Waals surface area contributed by atoms with Gasteiger partial charge in [-0.15, -0.1) is 0 Å². The van der Waals surface area contributed by atoms with Gasteiger partial charge >= 0.3 is 6.18 Å². The Balaban J connectivity index is 2.16. The number of halogens is 4. The predicted molar refractivity (Wildman–Crippen MR) is 62.7 cm³/mol. The predicted octanol–water partition coefficient (Wildman–Crippen LogP) is 2.95. The molecule has 110 valence electrons. The van der Waals surface area contributed by atoms with Crippen molar-refractivity contribution in [3.8, 4) is 5.75 Å². The van der Waals surface area contributed by atoms with Crippen molar-refractivity contribution < 1.29 is 27.5 Å². The van der Waals surface area contributed by atoms with E-state index < -0.39 is 36.1 Å². The average Bonchev–Trinajstić information content (AvgIpc) is 2.37. The third kappa shape index (κ3) is 3.02. The lowest BCUT2D eigenvalue weighted by molar-refractivity contribution is -0.184. The molecule has 7 heteroatoms. The number of carbonyl (C=O) groups is 1. The minimum absolute atomic E-state index is 0.0112. The van der Waals surface area contributed by atoms with Crippen molar-refractivity contribution in [2.45, 2.75) is 19.0 Å². The molecule has 1 saturated heterocycles. The first kappa shape index (κ1) is 14.6. The van der Waals surface area contributed by atoms with E-state index in [1.165, 1.54) is 0 Å². The number of rotatable bonds is 1. The Bertz CT molecular complexity index is 516. The number of carbonyl (C=O) groups excluding carboxylic acids is 1. The van der Waals surface area contributed by atoms with E-state index in [0.717, 1.165) is 23.1 Å². The Morgan fingerprint density at radius 3 is 2.65 bits per heavy atom. The summed E-state index contributed by atoms with van der Waals surface area (Å²) in [5, 5.41) is 9.51. The number of amides is 1. The number of benzene rings is 1. The molecule has 2 rings (SSSR count). The van der Waals surface area contributed by atoms with Gasteiger partial charge in [0, 0.05) is 19.2 Å². The highest BCUT2D eigenvalue weighted by Crippen LogP contribution is 2.34. The summed E-state index contributed by atoms with van der Waals surface area (Å²) in [4.78, 5) is 13.1. The van der Waals surface area contributed by atoms with Gasteiger partial charge in [-0.3, -0.25) is 4.79 Å². The number of hydrogen-bond acceptors (Lipinski definition) is 2. The fourth-order valence-corrected chi connectivity index (χ4v) is 2.28. The van der Waals surface area contributed by atoms with Crippen molar-refractivity contribution >= 4 is 5.91 Å². The number of alkyl halides is 3. The van der Waals surface area contributed by atoms with Crippen molar-refractivity contribution in [1.82, 2.24) is 4.90 Å². The van der Waals surface area contributed by atoms with Gasteiger partial charge in [-0.05, 0) is 25.0 Å². The molecule has 20 heavy (non-hydrogen) atoms. The highest BCUT2D eigenvalue weighted by molar-refractivity contribution is 5.96. The van der Waals surface area contributed by atoms with Crippen LogP contribution in [-0.2, 0) is 0 Å². The molecule has 1 heterocycles. The first-order chi connectivity index (χ1) is 9.29. The van der Waals surface area contributed by atoms with Gasteiger partial charge in [0.1, 0.15) is 11.6 Å². The van der Waals surface area contributed by atoms with Crippen LogP contribution in [0.3, 0.4) is 0 Å². The normalized spacial score (nSPS) is 20.0. The van der Waals surface area contributed by atoms with E-state index in [4.69, 9.17) is 0 Å². The smallest absolute Gasteiger partial charge is 0.393 e. The van der Waals surface area contributed by atoms with Gasteiger partial charge in [-0.25, -0.2) is 4.39 Å². The van der Waals surface area contributed by atoms with E-state index in [-0.39, 0.29) is 24.9 Å². The molecule has 1 fully saturated rings. The van der Waals surface area contributed by atoms with E-state index in [2.05, 4.69) is 0 Å². The lowest BCUT2D eigenvalue weighted by Gasteiger charge is -2.33. The van der Waals surface area contributed by atoms with E-state index in [9.17, 15) is 27.5 Å². The molecule has 1 amide bonds. The fourth-order valence-electron chi connectivity index (χ4n) is 2.28. The molecule has 1 aromatic rings. The third-order valence-corrected chi connectivity index (χ3v) is 3.36. The minimum atomic E-state index is -4.34. The molecule has 1 unspecified atom stereocenters. The SMILES string of the molecule is O=C(c1ccc(F)cc1O)N1CCCC(C(F)(F)F)C1. The summed E-state index contributed by atoms with van der Waals surface area (Å²) in [6.07, 6.45) is -4.11. The Morgan fingerprint density at radius 1 is 1.35 bits per heavy atom. The standard InChI is InChI=1S/C13H13F4NO2/c14-9-3-4-10(11(19)6-9)12(20)18-5-1-2-8(7-18)13(15,16)17/h3-4,6,8,19H,1-2,5,7H2. The maximum Gasteiger partial charge on any atom is 0.393 e. The number of hydrogen-bond donors (Lipinski definition) is 1. The zero-order valence-corrected chi connectivity index (χ0v) is 10.5. The molecule has 0 aliphatic carbocycles. The van der Waals surface area contributed by atoms with Crippen molar-refractivity contribution in [2.24, 2.45) is 5.92 Å². The van der Waals surface area contributed by atoms with E-state index >= 15 is 0 Å². The van der Waals surface area contributed by atoms with Gasteiger partial charge in [0.2, 0.25) is 0 Å². The topological polar surface area (TPSA) is 40.5 Å². The quantitative estimate of drug-likeness (QED) is 0.808. The van der Waals surface area contributed by atoms with E-state index in [1.54, 1.807) is 0 Å². The van der Waals surface area contributed by atoms with Crippen molar-refractivity contribution in [1.29, 1.82) is 0 Å². The van der Waals surface area contributed by atoms with Gasteiger partial charge in [0.25, 0.3) is 5.91 Å². The minimum Gasteiger partial charge on any atom is -0.507 e. The first-order valence-corrected chi connectivity index (χ1v) is 6.13. The largest absolute Gasteiger partial charge is 0.507 e. The second-order valence-corrected chi connectivity index (χ2v) is 4.79. The van der Waals surface area contributed by atoms with Crippen LogP contribution in [0.2, 0.25) is 0 Å². The van der Waals surface area contributed by atoms with Crippen LogP contribution in [-0.4, -0.2) is 35.2 Å². The highest BCUT2D eigenvalue weighted by atomic mass is 19.4. The molecule has 0 bridgehead atoms.